The van der Waals surface area contributed by atoms with E-state index in [2.05, 4.69) is 23.2 Å². The van der Waals surface area contributed by atoms with Crippen molar-refractivity contribution in [3.05, 3.63) is 72.1 Å². The van der Waals surface area contributed by atoms with Crippen molar-refractivity contribution in [1.29, 1.82) is 0 Å². The number of hydrogen-bond acceptors (Lipinski definition) is 3. The zero-order chi connectivity index (χ0) is 14.7. The minimum absolute atomic E-state index is 0.0708. The molecule has 1 aromatic heterocycles. The van der Waals surface area contributed by atoms with Crippen molar-refractivity contribution in [2.75, 3.05) is 0 Å². The second-order valence-electron chi connectivity index (χ2n) is 5.14. The number of rotatable bonds is 4. The van der Waals surface area contributed by atoms with Crippen molar-refractivity contribution >= 4 is 10.8 Å². The molecule has 0 fully saturated rings. The van der Waals surface area contributed by atoms with Gasteiger partial charge in [0.05, 0.1) is 0 Å². The molecular weight excluding hydrogens is 260 g/mol. The Hall–Kier alpha value is -2.39. The van der Waals surface area contributed by atoms with E-state index in [1.54, 1.807) is 6.20 Å². The highest BCUT2D eigenvalue weighted by atomic mass is 16.5. The number of fused-ring (bicyclic) bond motifs is 1. The number of hydrogen-bond donors (Lipinski definition) is 1. The van der Waals surface area contributed by atoms with Gasteiger partial charge in [-0.2, -0.15) is 0 Å². The quantitative estimate of drug-likeness (QED) is 0.789. The fourth-order valence-electron chi connectivity index (χ4n) is 2.42. The van der Waals surface area contributed by atoms with Gasteiger partial charge in [-0.05, 0) is 18.4 Å². The summed E-state index contributed by atoms with van der Waals surface area (Å²) in [6.45, 7) is 2.46. The lowest BCUT2D eigenvalue weighted by molar-refractivity contribution is 0.305. The Kier molecular flexibility index (Phi) is 3.84. The van der Waals surface area contributed by atoms with Crippen LogP contribution in [0.25, 0.3) is 10.8 Å². The van der Waals surface area contributed by atoms with Crippen LogP contribution in [0, 0.1) is 0 Å². The van der Waals surface area contributed by atoms with E-state index in [1.165, 1.54) is 0 Å². The second kappa shape index (κ2) is 5.94. The van der Waals surface area contributed by atoms with Gasteiger partial charge < -0.3 is 10.5 Å². The number of benzene rings is 2. The molecule has 0 aliphatic carbocycles. The molecule has 3 aromatic rings. The van der Waals surface area contributed by atoms with Crippen molar-refractivity contribution in [3.8, 4) is 5.75 Å². The first-order valence-electron chi connectivity index (χ1n) is 7.04. The van der Waals surface area contributed by atoms with Gasteiger partial charge in [-0.25, -0.2) is 0 Å². The molecule has 3 heteroatoms. The summed E-state index contributed by atoms with van der Waals surface area (Å²) in [5, 5.41) is 2.25. The third kappa shape index (κ3) is 2.88. The van der Waals surface area contributed by atoms with E-state index in [0.29, 0.717) is 6.61 Å². The van der Waals surface area contributed by atoms with Gasteiger partial charge in [0.15, 0.2) is 0 Å². The Balaban J connectivity index is 2.00. The Morgan fingerprint density at radius 1 is 1.10 bits per heavy atom. The molecule has 21 heavy (non-hydrogen) atoms. The van der Waals surface area contributed by atoms with Gasteiger partial charge >= 0.3 is 0 Å². The summed E-state index contributed by atoms with van der Waals surface area (Å²) in [4.78, 5) is 4.11. The van der Waals surface area contributed by atoms with Gasteiger partial charge in [0.2, 0.25) is 0 Å². The van der Waals surface area contributed by atoms with Crippen LogP contribution in [-0.4, -0.2) is 4.98 Å². The zero-order valence-corrected chi connectivity index (χ0v) is 12.0. The maximum absolute atomic E-state index is 6.08. The fraction of sp³-hybridized carbons (Fsp3) is 0.167. The van der Waals surface area contributed by atoms with Crippen LogP contribution < -0.4 is 10.5 Å². The summed E-state index contributed by atoms with van der Waals surface area (Å²) < 4.78 is 6.08. The van der Waals surface area contributed by atoms with E-state index in [4.69, 9.17) is 10.5 Å². The minimum atomic E-state index is -0.0708. The highest BCUT2D eigenvalue weighted by Gasteiger charge is 2.12. The molecule has 106 valence electrons. The number of ether oxygens (including phenoxy) is 1. The van der Waals surface area contributed by atoms with E-state index in [1.807, 2.05) is 43.5 Å². The van der Waals surface area contributed by atoms with Crippen LogP contribution >= 0.6 is 0 Å². The lowest BCUT2D eigenvalue weighted by Gasteiger charge is -2.16. The van der Waals surface area contributed by atoms with Crippen molar-refractivity contribution in [1.82, 2.24) is 4.98 Å². The van der Waals surface area contributed by atoms with Gasteiger partial charge in [-0.3, -0.25) is 4.98 Å². The minimum Gasteiger partial charge on any atom is -0.488 e. The highest BCUT2D eigenvalue weighted by Crippen LogP contribution is 2.33. The van der Waals surface area contributed by atoms with Gasteiger partial charge in [0.25, 0.3) is 0 Å². The summed E-state index contributed by atoms with van der Waals surface area (Å²) >= 11 is 0. The first kappa shape index (κ1) is 13.6. The maximum Gasteiger partial charge on any atom is 0.132 e. The molecule has 0 aliphatic rings. The van der Waals surface area contributed by atoms with Crippen molar-refractivity contribution in [2.24, 2.45) is 5.73 Å². The average Bonchev–Trinajstić information content (AvgIpc) is 2.53. The smallest absolute Gasteiger partial charge is 0.132 e. The molecule has 2 N–H and O–H groups in total. The molecule has 0 amide bonds. The van der Waals surface area contributed by atoms with Crippen molar-refractivity contribution in [3.63, 3.8) is 0 Å². The first-order valence-corrected chi connectivity index (χ1v) is 7.04. The number of nitrogens with two attached hydrogens (primary N) is 1. The molecule has 0 bridgehead atoms. The Labute approximate surface area is 124 Å². The molecule has 3 rings (SSSR count). The largest absolute Gasteiger partial charge is 0.488 e. The molecule has 0 spiro atoms. The van der Waals surface area contributed by atoms with Crippen LogP contribution in [0.4, 0.5) is 0 Å². The van der Waals surface area contributed by atoms with Gasteiger partial charge in [-0.1, -0.05) is 42.5 Å². The molecule has 1 heterocycles. The predicted octanol–water partition coefficient (Wildman–Crippen LogP) is 3.83. The molecular formula is C18H18N2O. The molecule has 0 saturated heterocycles. The highest BCUT2D eigenvalue weighted by molar-refractivity contribution is 5.89. The van der Waals surface area contributed by atoms with Gasteiger partial charge in [-0.15, -0.1) is 0 Å². The van der Waals surface area contributed by atoms with E-state index >= 15 is 0 Å². The summed E-state index contributed by atoms with van der Waals surface area (Å²) in [6, 6.07) is 16.2. The van der Waals surface area contributed by atoms with E-state index < -0.39 is 0 Å². The maximum atomic E-state index is 6.08. The van der Waals surface area contributed by atoms with E-state index in [-0.39, 0.29) is 6.04 Å². The van der Waals surface area contributed by atoms with Crippen LogP contribution in [0.1, 0.15) is 24.1 Å². The predicted molar refractivity (Wildman–Crippen MR) is 85.1 cm³/mol. The van der Waals surface area contributed by atoms with Crippen LogP contribution in [0.2, 0.25) is 0 Å². The standard InChI is InChI=1S/C18H18N2O/c1-13(19)16-9-8-15-6-2-3-7-17(15)18(16)21-12-14-5-4-10-20-11-14/h2-11,13H,12,19H2,1H3/t13-/m1/s1. The Morgan fingerprint density at radius 2 is 1.95 bits per heavy atom. The SMILES string of the molecule is C[C@@H](N)c1ccc2ccccc2c1OCc1cccnc1. The number of nitrogens with zero attached hydrogens (tertiary/aromatic N) is 1. The molecule has 0 aliphatic heterocycles. The van der Waals surface area contributed by atoms with Crippen molar-refractivity contribution < 1.29 is 4.74 Å². The molecule has 2 aromatic carbocycles. The lowest BCUT2D eigenvalue weighted by Crippen LogP contribution is -2.08. The summed E-state index contributed by atoms with van der Waals surface area (Å²) in [7, 11) is 0. The molecule has 0 saturated carbocycles. The Morgan fingerprint density at radius 3 is 2.71 bits per heavy atom. The molecule has 0 radical (unpaired) electrons. The third-order valence-electron chi connectivity index (χ3n) is 3.51. The molecule has 0 unspecified atom stereocenters. The van der Waals surface area contributed by atoms with Crippen LogP contribution in [0.15, 0.2) is 60.9 Å². The van der Waals surface area contributed by atoms with Crippen molar-refractivity contribution in [2.45, 2.75) is 19.6 Å². The monoisotopic (exact) mass is 278 g/mol. The van der Waals surface area contributed by atoms with E-state index in [9.17, 15) is 0 Å². The molecule has 1 atom stereocenters. The normalized spacial score (nSPS) is 12.3. The molecule has 3 nitrogen and oxygen atoms in total. The number of pyridine rings is 1. The first-order chi connectivity index (χ1) is 10.3. The summed E-state index contributed by atoms with van der Waals surface area (Å²) in [6.07, 6.45) is 3.57. The van der Waals surface area contributed by atoms with E-state index in [0.717, 1.165) is 27.6 Å². The van der Waals surface area contributed by atoms with Gasteiger partial charge in [0, 0.05) is 34.9 Å². The lowest BCUT2D eigenvalue weighted by atomic mass is 10.0. The Bertz CT molecular complexity index is 739. The zero-order valence-electron chi connectivity index (χ0n) is 12.0. The second-order valence-corrected chi connectivity index (χ2v) is 5.14. The summed E-state index contributed by atoms with van der Waals surface area (Å²) in [5.74, 6) is 0.868. The number of aromatic nitrogens is 1. The van der Waals surface area contributed by atoms with Gasteiger partial charge in [0.1, 0.15) is 12.4 Å². The van der Waals surface area contributed by atoms with Crippen LogP contribution in [-0.2, 0) is 6.61 Å². The van der Waals surface area contributed by atoms with Crippen LogP contribution in [0.3, 0.4) is 0 Å². The van der Waals surface area contributed by atoms with Crippen LogP contribution in [0.5, 0.6) is 5.75 Å². The third-order valence-corrected chi connectivity index (χ3v) is 3.51. The topological polar surface area (TPSA) is 48.1 Å². The summed E-state index contributed by atoms with van der Waals surface area (Å²) in [5.41, 5.74) is 8.15. The fourth-order valence-corrected chi connectivity index (χ4v) is 2.42. The average molecular weight is 278 g/mol.